The molecule has 35 heavy (non-hydrogen) atoms. The molecule has 4 rings (SSSR count). The highest BCUT2D eigenvalue weighted by Gasteiger charge is 2.36. The van der Waals surface area contributed by atoms with Crippen LogP contribution in [0, 0.1) is 10.1 Å². The lowest BCUT2D eigenvalue weighted by molar-refractivity contribution is -0.385. The second kappa shape index (κ2) is 9.37. The van der Waals surface area contributed by atoms with Crippen LogP contribution in [0.2, 0.25) is 0 Å². The number of nitrogens with one attached hydrogen (secondary N) is 1. The van der Waals surface area contributed by atoms with E-state index < -0.39 is 33.1 Å². The first-order chi connectivity index (χ1) is 16.6. The summed E-state index contributed by atoms with van der Waals surface area (Å²) in [5, 5.41) is 21.9. The zero-order valence-corrected chi connectivity index (χ0v) is 19.2. The first kappa shape index (κ1) is 24.2. The summed E-state index contributed by atoms with van der Waals surface area (Å²) in [6.45, 7) is 1.41. The van der Waals surface area contributed by atoms with Crippen molar-refractivity contribution >= 4 is 27.5 Å². The fraction of sp³-hybridized carbons (Fsp3) is 0.167. The van der Waals surface area contributed by atoms with Crippen LogP contribution in [0.1, 0.15) is 34.5 Å². The molecule has 180 valence electrons. The molecule has 0 radical (unpaired) electrons. The van der Waals surface area contributed by atoms with E-state index in [0.717, 1.165) is 6.07 Å². The Labute approximate surface area is 200 Å². The van der Waals surface area contributed by atoms with Crippen LogP contribution in [0.25, 0.3) is 11.1 Å². The number of non-ortho nitro benzene ring substituents is 1. The van der Waals surface area contributed by atoms with Crippen molar-refractivity contribution in [2.75, 3.05) is 6.61 Å². The number of aliphatic hydroxyl groups is 1. The topological polar surface area (TPSA) is 153 Å². The van der Waals surface area contributed by atoms with Crippen molar-refractivity contribution in [3.63, 3.8) is 0 Å². The average Bonchev–Trinajstić information content (AvgIpc) is 3.14. The van der Waals surface area contributed by atoms with E-state index in [-0.39, 0.29) is 34.1 Å². The maximum Gasteiger partial charge on any atom is 0.327 e. The SMILES string of the molecule is CCOC(=O)C(NS(=O)(=O)c1ccc2c(c1)C(=O)c1ccccc1-2)C(O)c1cccc([N+](=O)[O-])c1. The Hall–Kier alpha value is -3.93. The first-order valence-electron chi connectivity index (χ1n) is 10.5. The van der Waals surface area contributed by atoms with Gasteiger partial charge in [0, 0.05) is 23.3 Å². The second-order valence-electron chi connectivity index (χ2n) is 7.73. The summed E-state index contributed by atoms with van der Waals surface area (Å²) in [7, 11) is -4.43. The molecule has 0 amide bonds. The molecule has 11 heteroatoms. The number of nitro benzene ring substituents is 1. The lowest BCUT2D eigenvalue weighted by atomic mass is 10.0. The van der Waals surface area contributed by atoms with Crippen molar-refractivity contribution in [1.29, 1.82) is 0 Å². The summed E-state index contributed by atoms with van der Waals surface area (Å²) >= 11 is 0. The Morgan fingerprint density at radius 1 is 1.03 bits per heavy atom. The number of fused-ring (bicyclic) bond motifs is 3. The van der Waals surface area contributed by atoms with Crippen LogP contribution in [0.5, 0.6) is 0 Å². The van der Waals surface area contributed by atoms with E-state index >= 15 is 0 Å². The summed E-state index contributed by atoms with van der Waals surface area (Å²) in [6.07, 6.45) is -1.79. The van der Waals surface area contributed by atoms with Crippen molar-refractivity contribution in [3.05, 3.63) is 93.5 Å². The summed E-state index contributed by atoms with van der Waals surface area (Å²) < 4.78 is 33.4. The predicted molar refractivity (Wildman–Crippen MR) is 124 cm³/mol. The molecule has 0 spiro atoms. The third-order valence-electron chi connectivity index (χ3n) is 5.57. The van der Waals surface area contributed by atoms with Gasteiger partial charge in [0.25, 0.3) is 5.69 Å². The van der Waals surface area contributed by atoms with Gasteiger partial charge in [-0.2, -0.15) is 4.72 Å². The number of hydrogen-bond donors (Lipinski definition) is 2. The van der Waals surface area contributed by atoms with Crippen LogP contribution < -0.4 is 4.72 Å². The molecule has 0 aliphatic heterocycles. The summed E-state index contributed by atoms with van der Waals surface area (Å²) in [5.41, 5.74) is 1.53. The Bertz CT molecular complexity index is 1450. The van der Waals surface area contributed by atoms with Gasteiger partial charge in [-0.05, 0) is 35.7 Å². The molecule has 2 unspecified atom stereocenters. The largest absolute Gasteiger partial charge is 0.465 e. The van der Waals surface area contributed by atoms with Crippen molar-refractivity contribution in [2.45, 2.75) is 24.0 Å². The van der Waals surface area contributed by atoms with Gasteiger partial charge >= 0.3 is 5.97 Å². The first-order valence-corrected chi connectivity index (χ1v) is 12.0. The number of ketones is 1. The van der Waals surface area contributed by atoms with E-state index in [4.69, 9.17) is 4.74 Å². The van der Waals surface area contributed by atoms with Crippen LogP contribution in [0.15, 0.2) is 71.6 Å². The Kier molecular flexibility index (Phi) is 6.48. The van der Waals surface area contributed by atoms with Gasteiger partial charge in [0.2, 0.25) is 10.0 Å². The van der Waals surface area contributed by atoms with Gasteiger partial charge in [0.05, 0.1) is 16.4 Å². The van der Waals surface area contributed by atoms with Gasteiger partial charge in [-0.3, -0.25) is 19.7 Å². The molecule has 3 aromatic carbocycles. The minimum atomic E-state index is -4.43. The van der Waals surface area contributed by atoms with Crippen molar-refractivity contribution in [2.24, 2.45) is 0 Å². The van der Waals surface area contributed by atoms with Gasteiger partial charge in [0.1, 0.15) is 12.1 Å². The number of nitrogens with zero attached hydrogens (tertiary/aromatic N) is 1. The monoisotopic (exact) mass is 496 g/mol. The molecule has 2 N–H and O–H groups in total. The smallest absolute Gasteiger partial charge is 0.327 e. The van der Waals surface area contributed by atoms with Crippen molar-refractivity contribution in [3.8, 4) is 11.1 Å². The standard InChI is InChI=1S/C24H20N2O8S/c1-2-34-24(29)21(22(27)14-6-5-7-15(12-14)26(30)31)25-35(32,33)16-10-11-18-17-8-3-4-9-19(17)23(28)20(18)13-16/h3-13,21-22,25,27H,2H2,1H3. The maximum absolute atomic E-state index is 13.2. The van der Waals surface area contributed by atoms with Gasteiger partial charge in [-0.25, -0.2) is 8.42 Å². The van der Waals surface area contributed by atoms with E-state index in [1.807, 2.05) is 0 Å². The number of nitro groups is 1. The van der Waals surface area contributed by atoms with Crippen LogP contribution >= 0.6 is 0 Å². The number of esters is 1. The fourth-order valence-electron chi connectivity index (χ4n) is 3.90. The molecule has 0 heterocycles. The number of benzene rings is 3. The highest BCUT2D eigenvalue weighted by molar-refractivity contribution is 7.89. The van der Waals surface area contributed by atoms with Crippen molar-refractivity contribution < 1.29 is 32.8 Å². The minimum Gasteiger partial charge on any atom is -0.465 e. The minimum absolute atomic E-state index is 0.0560. The Morgan fingerprint density at radius 2 is 1.71 bits per heavy atom. The van der Waals surface area contributed by atoms with Crippen LogP contribution in [-0.2, 0) is 19.6 Å². The van der Waals surface area contributed by atoms with E-state index in [9.17, 15) is 33.2 Å². The molecular weight excluding hydrogens is 476 g/mol. The molecule has 2 atom stereocenters. The van der Waals surface area contributed by atoms with E-state index in [2.05, 4.69) is 4.72 Å². The third-order valence-corrected chi connectivity index (χ3v) is 7.01. The quantitative estimate of drug-likeness (QED) is 0.214. The summed E-state index contributed by atoms with van der Waals surface area (Å²) in [5.74, 6) is -1.40. The van der Waals surface area contributed by atoms with E-state index in [1.54, 1.807) is 24.3 Å². The number of carbonyl (C=O) groups is 2. The molecule has 0 saturated heterocycles. The molecule has 0 fully saturated rings. The zero-order valence-electron chi connectivity index (χ0n) is 18.4. The molecule has 1 aliphatic carbocycles. The van der Waals surface area contributed by atoms with Crippen LogP contribution in [0.3, 0.4) is 0 Å². The van der Waals surface area contributed by atoms with Crippen LogP contribution in [0.4, 0.5) is 5.69 Å². The molecule has 10 nitrogen and oxygen atoms in total. The Morgan fingerprint density at radius 3 is 2.40 bits per heavy atom. The molecule has 3 aromatic rings. The van der Waals surface area contributed by atoms with Gasteiger partial charge < -0.3 is 9.84 Å². The molecule has 0 aromatic heterocycles. The van der Waals surface area contributed by atoms with E-state index in [1.165, 1.54) is 43.3 Å². The number of rotatable bonds is 8. The Balaban J connectivity index is 1.68. The predicted octanol–water partition coefficient (Wildman–Crippen LogP) is 2.75. The number of ether oxygens (including phenoxy) is 1. The van der Waals surface area contributed by atoms with Crippen LogP contribution in [-0.4, -0.2) is 42.8 Å². The molecule has 0 saturated carbocycles. The fourth-order valence-corrected chi connectivity index (χ4v) is 5.11. The van der Waals surface area contributed by atoms with Gasteiger partial charge in [-0.15, -0.1) is 0 Å². The lowest BCUT2D eigenvalue weighted by Gasteiger charge is -2.23. The van der Waals surface area contributed by atoms with Gasteiger partial charge in [0.15, 0.2) is 5.78 Å². The zero-order chi connectivity index (χ0) is 25.3. The summed E-state index contributed by atoms with van der Waals surface area (Å²) in [4.78, 5) is 35.5. The average molecular weight is 496 g/mol. The molecule has 0 bridgehead atoms. The number of hydrogen-bond acceptors (Lipinski definition) is 8. The third kappa shape index (κ3) is 4.56. The number of carbonyl (C=O) groups excluding carboxylic acids is 2. The van der Waals surface area contributed by atoms with Crippen molar-refractivity contribution in [1.82, 2.24) is 4.72 Å². The lowest BCUT2D eigenvalue weighted by Crippen LogP contribution is -2.45. The normalized spacial score (nSPS) is 14.1. The number of sulfonamides is 1. The van der Waals surface area contributed by atoms with Gasteiger partial charge in [-0.1, -0.05) is 42.5 Å². The highest BCUT2D eigenvalue weighted by atomic mass is 32.2. The number of aliphatic hydroxyl groups excluding tert-OH is 1. The highest BCUT2D eigenvalue weighted by Crippen LogP contribution is 2.37. The second-order valence-corrected chi connectivity index (χ2v) is 9.44. The molecular formula is C24H20N2O8S. The maximum atomic E-state index is 13.2. The van der Waals surface area contributed by atoms with E-state index in [0.29, 0.717) is 16.7 Å². The summed E-state index contributed by atoms with van der Waals surface area (Å²) in [6, 6.07) is 13.9. The molecule has 1 aliphatic rings.